The highest BCUT2D eigenvalue weighted by atomic mass is 16.5. The van der Waals surface area contributed by atoms with Crippen LogP contribution in [-0.4, -0.2) is 13.1 Å². The highest BCUT2D eigenvalue weighted by Gasteiger charge is 1.91. The second-order valence-corrected chi connectivity index (χ2v) is 2.79. The summed E-state index contributed by atoms with van der Waals surface area (Å²) >= 11 is 0. The van der Waals surface area contributed by atoms with Gasteiger partial charge in [-0.3, -0.25) is 0 Å². The Balaban J connectivity index is 2.76. The average molecular weight is 188 g/mol. The number of aryl methyl sites for hydroxylation is 1. The lowest BCUT2D eigenvalue weighted by Crippen LogP contribution is -1.94. The average Bonchev–Trinajstić information content (AvgIpc) is 2.26. The molecule has 0 aliphatic rings. The van der Waals surface area contributed by atoms with E-state index < -0.39 is 5.97 Å². The van der Waals surface area contributed by atoms with Crippen LogP contribution in [0.4, 0.5) is 0 Å². The molecular formula is C12H12O2. The molecule has 0 N–H and O–H groups in total. The van der Waals surface area contributed by atoms with Crippen molar-refractivity contribution in [1.29, 1.82) is 0 Å². The van der Waals surface area contributed by atoms with Crippen molar-refractivity contribution in [2.45, 2.75) is 13.3 Å². The van der Waals surface area contributed by atoms with E-state index in [0.717, 1.165) is 12.0 Å². The Morgan fingerprint density at radius 3 is 2.50 bits per heavy atom. The number of methoxy groups -OCH3 is 1. The molecule has 1 rings (SSSR count). The molecule has 0 fully saturated rings. The monoisotopic (exact) mass is 188 g/mol. The predicted molar refractivity (Wildman–Crippen MR) is 54.7 cm³/mol. The Bertz CT molecular complexity index is 366. The minimum Gasteiger partial charge on any atom is -0.459 e. The number of hydrogen-bond donors (Lipinski definition) is 0. The summed E-state index contributed by atoms with van der Waals surface area (Å²) in [4.78, 5) is 10.7. The van der Waals surface area contributed by atoms with Crippen molar-refractivity contribution in [2.24, 2.45) is 0 Å². The summed E-state index contributed by atoms with van der Waals surface area (Å²) in [5, 5.41) is 0. The first-order chi connectivity index (χ1) is 6.76. The van der Waals surface area contributed by atoms with Gasteiger partial charge in [-0.15, -0.1) is 0 Å². The van der Waals surface area contributed by atoms with Crippen LogP contribution in [0.3, 0.4) is 0 Å². The first kappa shape index (κ1) is 10.3. The standard InChI is InChI=1S/C12H12O2/c1-3-10-4-6-11(7-5-10)8-9-12(13)14-2/h4-7H,3H2,1-2H3. The maximum atomic E-state index is 10.7. The van der Waals surface area contributed by atoms with Gasteiger partial charge in [0.05, 0.1) is 7.11 Å². The number of carbonyl (C=O) groups excluding carboxylic acids is 1. The third-order valence-corrected chi connectivity index (χ3v) is 1.86. The summed E-state index contributed by atoms with van der Waals surface area (Å²) in [6.45, 7) is 2.09. The second-order valence-electron chi connectivity index (χ2n) is 2.79. The van der Waals surface area contributed by atoms with Crippen molar-refractivity contribution in [2.75, 3.05) is 7.11 Å². The fraction of sp³-hybridized carbons (Fsp3) is 0.250. The van der Waals surface area contributed by atoms with Crippen LogP contribution in [-0.2, 0) is 16.0 Å². The van der Waals surface area contributed by atoms with Gasteiger partial charge in [-0.05, 0) is 24.1 Å². The van der Waals surface area contributed by atoms with E-state index in [1.54, 1.807) is 0 Å². The first-order valence-corrected chi connectivity index (χ1v) is 4.45. The molecule has 0 aromatic heterocycles. The molecule has 0 aliphatic carbocycles. The molecule has 0 heterocycles. The van der Waals surface area contributed by atoms with E-state index >= 15 is 0 Å². The summed E-state index contributed by atoms with van der Waals surface area (Å²) in [6, 6.07) is 7.80. The number of benzene rings is 1. The van der Waals surface area contributed by atoms with Crippen LogP contribution in [0.2, 0.25) is 0 Å². The molecule has 0 bridgehead atoms. The van der Waals surface area contributed by atoms with Crippen molar-refractivity contribution in [1.82, 2.24) is 0 Å². The Hall–Kier alpha value is -1.75. The zero-order valence-corrected chi connectivity index (χ0v) is 8.33. The molecule has 14 heavy (non-hydrogen) atoms. The Morgan fingerprint density at radius 2 is 2.00 bits per heavy atom. The fourth-order valence-corrected chi connectivity index (χ4v) is 0.998. The van der Waals surface area contributed by atoms with Gasteiger partial charge in [0.25, 0.3) is 0 Å². The molecular weight excluding hydrogens is 176 g/mol. The van der Waals surface area contributed by atoms with Gasteiger partial charge in [0.2, 0.25) is 0 Å². The van der Waals surface area contributed by atoms with Gasteiger partial charge in [-0.25, -0.2) is 4.79 Å². The molecule has 0 saturated heterocycles. The lowest BCUT2D eigenvalue weighted by atomic mass is 10.1. The minimum absolute atomic E-state index is 0.510. The van der Waals surface area contributed by atoms with Gasteiger partial charge in [0.15, 0.2) is 0 Å². The van der Waals surface area contributed by atoms with Crippen LogP contribution in [0.5, 0.6) is 0 Å². The molecule has 72 valence electrons. The Morgan fingerprint density at radius 1 is 1.36 bits per heavy atom. The van der Waals surface area contributed by atoms with Gasteiger partial charge >= 0.3 is 5.97 Å². The van der Waals surface area contributed by atoms with Gasteiger partial charge in [0, 0.05) is 11.5 Å². The quantitative estimate of drug-likeness (QED) is 0.496. The number of hydrogen-bond acceptors (Lipinski definition) is 2. The van der Waals surface area contributed by atoms with Crippen molar-refractivity contribution in [3.8, 4) is 11.8 Å². The van der Waals surface area contributed by atoms with E-state index in [1.807, 2.05) is 24.3 Å². The lowest BCUT2D eigenvalue weighted by molar-refractivity contribution is -0.133. The smallest absolute Gasteiger partial charge is 0.384 e. The van der Waals surface area contributed by atoms with Crippen molar-refractivity contribution >= 4 is 5.97 Å². The Kier molecular flexibility index (Phi) is 3.75. The topological polar surface area (TPSA) is 26.3 Å². The van der Waals surface area contributed by atoms with Gasteiger partial charge < -0.3 is 4.74 Å². The molecule has 0 amide bonds. The Labute approximate surface area is 83.9 Å². The lowest BCUT2D eigenvalue weighted by Gasteiger charge is -1.94. The highest BCUT2D eigenvalue weighted by Crippen LogP contribution is 2.03. The number of rotatable bonds is 1. The fourth-order valence-electron chi connectivity index (χ4n) is 0.998. The van der Waals surface area contributed by atoms with Crippen LogP contribution in [0.15, 0.2) is 24.3 Å². The zero-order valence-electron chi connectivity index (χ0n) is 8.33. The molecule has 0 aliphatic heterocycles. The van der Waals surface area contributed by atoms with E-state index in [4.69, 9.17) is 0 Å². The van der Waals surface area contributed by atoms with E-state index in [-0.39, 0.29) is 0 Å². The molecule has 2 nitrogen and oxygen atoms in total. The van der Waals surface area contributed by atoms with Crippen molar-refractivity contribution < 1.29 is 9.53 Å². The SMILES string of the molecule is CCc1ccc(C#CC(=O)OC)cc1. The van der Waals surface area contributed by atoms with E-state index in [1.165, 1.54) is 12.7 Å². The molecule has 0 radical (unpaired) electrons. The molecule has 1 aromatic carbocycles. The maximum Gasteiger partial charge on any atom is 0.384 e. The third-order valence-electron chi connectivity index (χ3n) is 1.86. The summed E-state index contributed by atoms with van der Waals surface area (Å²) < 4.78 is 4.40. The van der Waals surface area contributed by atoms with E-state index in [9.17, 15) is 4.79 Å². The predicted octanol–water partition coefficient (Wildman–Crippen LogP) is 1.77. The van der Waals surface area contributed by atoms with Crippen LogP contribution in [0, 0.1) is 11.8 Å². The maximum absolute atomic E-state index is 10.7. The largest absolute Gasteiger partial charge is 0.459 e. The molecule has 2 heteroatoms. The number of esters is 1. The highest BCUT2D eigenvalue weighted by molar-refractivity contribution is 5.88. The van der Waals surface area contributed by atoms with Crippen molar-refractivity contribution in [3.05, 3.63) is 35.4 Å². The summed E-state index contributed by atoms with van der Waals surface area (Å²) in [5.41, 5.74) is 2.08. The summed E-state index contributed by atoms with van der Waals surface area (Å²) in [5.74, 6) is 4.59. The normalized spacial score (nSPS) is 8.71. The van der Waals surface area contributed by atoms with Crippen LogP contribution in [0.25, 0.3) is 0 Å². The first-order valence-electron chi connectivity index (χ1n) is 4.45. The van der Waals surface area contributed by atoms with Crippen LogP contribution in [0.1, 0.15) is 18.1 Å². The zero-order chi connectivity index (χ0) is 10.4. The van der Waals surface area contributed by atoms with Gasteiger partial charge in [-0.2, -0.15) is 0 Å². The van der Waals surface area contributed by atoms with E-state index in [2.05, 4.69) is 23.5 Å². The van der Waals surface area contributed by atoms with E-state index in [0.29, 0.717) is 0 Å². The number of carbonyl (C=O) groups is 1. The van der Waals surface area contributed by atoms with Gasteiger partial charge in [-0.1, -0.05) is 25.0 Å². The second kappa shape index (κ2) is 5.08. The van der Waals surface area contributed by atoms with Crippen molar-refractivity contribution in [3.63, 3.8) is 0 Å². The summed E-state index contributed by atoms with van der Waals surface area (Å²) in [7, 11) is 1.32. The third kappa shape index (κ3) is 2.95. The molecule has 0 unspecified atom stereocenters. The number of ether oxygens (including phenoxy) is 1. The van der Waals surface area contributed by atoms with Crippen LogP contribution < -0.4 is 0 Å². The minimum atomic E-state index is -0.510. The molecule has 0 spiro atoms. The molecule has 0 saturated carbocycles. The van der Waals surface area contributed by atoms with Gasteiger partial charge in [0.1, 0.15) is 0 Å². The molecule has 1 aromatic rings. The van der Waals surface area contributed by atoms with Crippen LogP contribution >= 0.6 is 0 Å². The summed E-state index contributed by atoms with van der Waals surface area (Å²) in [6.07, 6.45) is 1.00. The molecule has 0 atom stereocenters.